The van der Waals surface area contributed by atoms with E-state index < -0.39 is 17.7 Å². The Labute approximate surface area is 102 Å². The quantitative estimate of drug-likeness (QED) is 0.750. The molecule has 0 rings (SSSR count). The van der Waals surface area contributed by atoms with Crippen LogP contribution >= 0.6 is 0 Å². The van der Waals surface area contributed by atoms with E-state index in [4.69, 9.17) is 9.47 Å². The van der Waals surface area contributed by atoms with Gasteiger partial charge in [0.15, 0.2) is 0 Å². The molecule has 100 valence electrons. The van der Waals surface area contributed by atoms with Gasteiger partial charge in [-0.05, 0) is 27.7 Å². The number of hydrogen-bond acceptors (Lipinski definition) is 4. The topological polar surface area (TPSA) is 67.9 Å². The zero-order chi connectivity index (χ0) is 13.6. The van der Waals surface area contributed by atoms with Crippen molar-refractivity contribution in [1.82, 2.24) is 10.2 Å². The van der Waals surface area contributed by atoms with Gasteiger partial charge in [-0.3, -0.25) is 9.69 Å². The lowest BCUT2D eigenvalue weighted by atomic mass is 10.2. The van der Waals surface area contributed by atoms with Crippen molar-refractivity contribution >= 4 is 12.0 Å². The lowest BCUT2D eigenvalue weighted by Crippen LogP contribution is -2.47. The number of carbonyl (C=O) groups excluding carboxylic acids is 2. The van der Waals surface area contributed by atoms with Crippen molar-refractivity contribution < 1.29 is 19.1 Å². The van der Waals surface area contributed by atoms with E-state index in [2.05, 4.69) is 5.32 Å². The highest BCUT2D eigenvalue weighted by atomic mass is 16.6. The molecule has 0 bridgehead atoms. The minimum Gasteiger partial charge on any atom is -0.444 e. The zero-order valence-corrected chi connectivity index (χ0v) is 11.4. The van der Waals surface area contributed by atoms with Gasteiger partial charge in [-0.25, -0.2) is 4.79 Å². The summed E-state index contributed by atoms with van der Waals surface area (Å²) >= 11 is 0. The maximum Gasteiger partial charge on any atom is 0.410 e. The van der Waals surface area contributed by atoms with Gasteiger partial charge in [-0.15, -0.1) is 0 Å². The van der Waals surface area contributed by atoms with Crippen LogP contribution < -0.4 is 5.32 Å². The Hall–Kier alpha value is -1.30. The van der Waals surface area contributed by atoms with Crippen molar-refractivity contribution in [2.75, 3.05) is 20.9 Å². The van der Waals surface area contributed by atoms with Crippen LogP contribution in [0.15, 0.2) is 0 Å². The van der Waals surface area contributed by atoms with Crippen molar-refractivity contribution in [3.63, 3.8) is 0 Å². The first-order valence-corrected chi connectivity index (χ1v) is 5.41. The van der Waals surface area contributed by atoms with Gasteiger partial charge in [-0.1, -0.05) is 0 Å². The van der Waals surface area contributed by atoms with Gasteiger partial charge in [0.05, 0.1) is 0 Å². The van der Waals surface area contributed by atoms with Crippen molar-refractivity contribution in [3.05, 3.63) is 0 Å². The number of amides is 2. The summed E-state index contributed by atoms with van der Waals surface area (Å²) in [6.45, 7) is 7.05. The SMILES string of the molecule is COCNC(=O)C(C)N(C)C(=O)OC(C)(C)C. The van der Waals surface area contributed by atoms with Gasteiger partial charge in [0.2, 0.25) is 5.91 Å². The van der Waals surface area contributed by atoms with Crippen LogP contribution in [-0.2, 0) is 14.3 Å². The monoisotopic (exact) mass is 246 g/mol. The molecular weight excluding hydrogens is 224 g/mol. The van der Waals surface area contributed by atoms with Crippen molar-refractivity contribution in [2.45, 2.75) is 39.3 Å². The summed E-state index contributed by atoms with van der Waals surface area (Å²) in [7, 11) is 2.99. The molecule has 6 heteroatoms. The number of ether oxygens (including phenoxy) is 2. The number of carbonyl (C=O) groups is 2. The summed E-state index contributed by atoms with van der Waals surface area (Å²) in [5.74, 6) is -0.291. The minimum atomic E-state index is -0.611. The van der Waals surface area contributed by atoms with Gasteiger partial charge in [0.1, 0.15) is 18.4 Å². The van der Waals surface area contributed by atoms with E-state index in [0.29, 0.717) is 0 Å². The van der Waals surface area contributed by atoms with E-state index in [1.54, 1.807) is 27.7 Å². The molecule has 0 fully saturated rings. The predicted octanol–water partition coefficient (Wildman–Crippen LogP) is 0.962. The number of nitrogens with zero attached hydrogens (tertiary/aromatic N) is 1. The van der Waals surface area contributed by atoms with Crippen LogP contribution in [0, 0.1) is 0 Å². The largest absolute Gasteiger partial charge is 0.444 e. The van der Waals surface area contributed by atoms with E-state index in [1.807, 2.05) is 0 Å². The smallest absolute Gasteiger partial charge is 0.410 e. The fraction of sp³-hybridized carbons (Fsp3) is 0.818. The second-order valence-corrected chi connectivity index (χ2v) is 4.74. The molecule has 0 saturated carbocycles. The third kappa shape index (κ3) is 6.11. The summed E-state index contributed by atoms with van der Waals surface area (Å²) in [4.78, 5) is 24.5. The van der Waals surface area contributed by atoms with E-state index >= 15 is 0 Å². The van der Waals surface area contributed by atoms with Gasteiger partial charge >= 0.3 is 6.09 Å². The number of likely N-dealkylation sites (N-methyl/N-ethyl adjacent to an activating group) is 1. The second kappa shape index (κ2) is 6.44. The third-order valence-corrected chi connectivity index (χ3v) is 2.03. The molecule has 1 atom stereocenters. The molecule has 1 unspecified atom stereocenters. The number of rotatable bonds is 4. The molecule has 0 aromatic heterocycles. The molecule has 6 nitrogen and oxygen atoms in total. The van der Waals surface area contributed by atoms with Gasteiger partial charge in [0.25, 0.3) is 0 Å². The predicted molar refractivity (Wildman–Crippen MR) is 63.5 cm³/mol. The molecule has 0 aliphatic heterocycles. The van der Waals surface area contributed by atoms with E-state index in [-0.39, 0.29) is 12.6 Å². The Morgan fingerprint density at radius 1 is 1.35 bits per heavy atom. The Bertz CT molecular complexity index is 273. The Balaban J connectivity index is 4.33. The summed E-state index contributed by atoms with van der Waals surface area (Å²) in [5.41, 5.74) is -0.575. The third-order valence-electron chi connectivity index (χ3n) is 2.03. The van der Waals surface area contributed by atoms with Crippen LogP contribution in [0.25, 0.3) is 0 Å². The standard InChI is InChI=1S/C11H22N2O4/c1-8(9(14)12-7-16-6)13(5)10(15)17-11(2,3)4/h8H,7H2,1-6H3,(H,12,14). The van der Waals surface area contributed by atoms with E-state index in [1.165, 1.54) is 19.1 Å². The zero-order valence-electron chi connectivity index (χ0n) is 11.4. The fourth-order valence-electron chi connectivity index (χ4n) is 0.959. The maximum atomic E-state index is 11.7. The summed E-state index contributed by atoms with van der Waals surface area (Å²) < 4.78 is 9.87. The van der Waals surface area contributed by atoms with Gasteiger partial charge in [-0.2, -0.15) is 0 Å². The number of nitrogens with one attached hydrogen (secondary N) is 1. The Morgan fingerprint density at radius 3 is 2.29 bits per heavy atom. The Kier molecular flexibility index (Phi) is 5.95. The first kappa shape index (κ1) is 15.7. The first-order valence-electron chi connectivity index (χ1n) is 5.41. The lowest BCUT2D eigenvalue weighted by Gasteiger charge is -2.28. The average molecular weight is 246 g/mol. The van der Waals surface area contributed by atoms with Crippen LogP contribution in [0.5, 0.6) is 0 Å². The first-order chi connectivity index (χ1) is 7.69. The average Bonchev–Trinajstić information content (AvgIpc) is 2.21. The molecule has 0 aromatic rings. The van der Waals surface area contributed by atoms with Crippen LogP contribution in [0.3, 0.4) is 0 Å². The molecule has 0 heterocycles. The van der Waals surface area contributed by atoms with Crippen LogP contribution in [0.2, 0.25) is 0 Å². The Morgan fingerprint density at radius 2 is 1.88 bits per heavy atom. The summed E-state index contributed by atoms with van der Waals surface area (Å²) in [5, 5.41) is 2.52. The number of hydrogen-bond donors (Lipinski definition) is 1. The number of methoxy groups -OCH3 is 1. The summed E-state index contributed by atoms with van der Waals surface area (Å²) in [6, 6.07) is -0.611. The lowest BCUT2D eigenvalue weighted by molar-refractivity contribution is -0.126. The van der Waals surface area contributed by atoms with Gasteiger partial charge < -0.3 is 14.8 Å². The molecule has 0 spiro atoms. The minimum absolute atomic E-state index is 0.116. The normalized spacial score (nSPS) is 12.8. The van der Waals surface area contributed by atoms with Crippen molar-refractivity contribution in [3.8, 4) is 0 Å². The highest BCUT2D eigenvalue weighted by molar-refractivity contribution is 5.85. The maximum absolute atomic E-state index is 11.7. The van der Waals surface area contributed by atoms with E-state index in [0.717, 1.165) is 0 Å². The van der Waals surface area contributed by atoms with Crippen LogP contribution in [0.4, 0.5) is 4.79 Å². The van der Waals surface area contributed by atoms with Gasteiger partial charge in [0, 0.05) is 14.2 Å². The van der Waals surface area contributed by atoms with Crippen molar-refractivity contribution in [1.29, 1.82) is 0 Å². The van der Waals surface area contributed by atoms with Crippen LogP contribution in [-0.4, -0.2) is 49.4 Å². The molecule has 0 aliphatic rings. The molecule has 0 radical (unpaired) electrons. The molecule has 0 aromatic carbocycles. The molecule has 17 heavy (non-hydrogen) atoms. The van der Waals surface area contributed by atoms with Crippen LogP contribution in [0.1, 0.15) is 27.7 Å². The molecular formula is C11H22N2O4. The highest BCUT2D eigenvalue weighted by Crippen LogP contribution is 2.10. The molecule has 0 saturated heterocycles. The second-order valence-electron chi connectivity index (χ2n) is 4.74. The highest BCUT2D eigenvalue weighted by Gasteiger charge is 2.26. The molecule has 1 N–H and O–H groups in total. The molecule has 0 aliphatic carbocycles. The van der Waals surface area contributed by atoms with E-state index in [9.17, 15) is 9.59 Å². The van der Waals surface area contributed by atoms with Crippen molar-refractivity contribution in [2.24, 2.45) is 0 Å². The molecule has 2 amide bonds. The summed E-state index contributed by atoms with van der Waals surface area (Å²) in [6.07, 6.45) is -0.530. The fourth-order valence-corrected chi connectivity index (χ4v) is 0.959.